The van der Waals surface area contributed by atoms with E-state index in [2.05, 4.69) is 0 Å². The van der Waals surface area contributed by atoms with Crippen LogP contribution in [-0.4, -0.2) is 5.97 Å². The first-order chi connectivity index (χ1) is 7.66. The van der Waals surface area contributed by atoms with Crippen molar-refractivity contribution in [2.45, 2.75) is 6.92 Å². The van der Waals surface area contributed by atoms with Crippen molar-refractivity contribution in [2.75, 3.05) is 5.73 Å². The number of nitrogens with two attached hydrogens (primary N) is 1. The van der Waals surface area contributed by atoms with Gasteiger partial charge in [-0.25, -0.2) is 4.79 Å². The number of esters is 1. The van der Waals surface area contributed by atoms with Crippen LogP contribution in [-0.2, 0) is 0 Å². The van der Waals surface area contributed by atoms with E-state index in [1.807, 2.05) is 19.1 Å². The maximum atomic E-state index is 11.7. The first kappa shape index (κ1) is 10.7. The maximum absolute atomic E-state index is 11.7. The van der Waals surface area contributed by atoms with Gasteiger partial charge in [-0.3, -0.25) is 0 Å². The highest BCUT2D eigenvalue weighted by molar-refractivity contribution is 7.14. The van der Waals surface area contributed by atoms with Gasteiger partial charge in [-0.2, -0.15) is 0 Å². The number of carbonyl (C=O) groups is 1. The molecule has 0 aliphatic carbocycles. The molecule has 16 heavy (non-hydrogen) atoms. The molecular weight excluding hydrogens is 222 g/mol. The number of hydrogen-bond acceptors (Lipinski definition) is 4. The third-order valence-corrected chi connectivity index (χ3v) is 2.89. The molecule has 4 heteroatoms. The van der Waals surface area contributed by atoms with Crippen LogP contribution in [0.1, 0.15) is 15.9 Å². The molecule has 0 spiro atoms. The van der Waals surface area contributed by atoms with Crippen molar-refractivity contribution >= 4 is 22.3 Å². The second kappa shape index (κ2) is 4.37. The number of hydrogen-bond donors (Lipinski definition) is 1. The SMILES string of the molecule is Cc1ccc(OC(=O)c2ccsc2N)cc1. The van der Waals surface area contributed by atoms with Gasteiger partial charge >= 0.3 is 5.97 Å². The summed E-state index contributed by atoms with van der Waals surface area (Å²) in [7, 11) is 0. The fourth-order valence-corrected chi connectivity index (χ4v) is 1.89. The van der Waals surface area contributed by atoms with Crippen molar-refractivity contribution < 1.29 is 9.53 Å². The van der Waals surface area contributed by atoms with E-state index in [1.54, 1.807) is 23.6 Å². The minimum atomic E-state index is -0.414. The number of aryl methyl sites for hydroxylation is 1. The number of ether oxygens (including phenoxy) is 1. The summed E-state index contributed by atoms with van der Waals surface area (Å²) < 4.78 is 5.18. The molecule has 3 nitrogen and oxygen atoms in total. The lowest BCUT2D eigenvalue weighted by molar-refractivity contribution is 0.0736. The van der Waals surface area contributed by atoms with Gasteiger partial charge in [-0.15, -0.1) is 11.3 Å². The van der Waals surface area contributed by atoms with Crippen LogP contribution < -0.4 is 10.5 Å². The normalized spacial score (nSPS) is 10.1. The summed E-state index contributed by atoms with van der Waals surface area (Å²) in [5.74, 6) is 0.115. The Morgan fingerprint density at radius 3 is 2.50 bits per heavy atom. The first-order valence-corrected chi connectivity index (χ1v) is 5.66. The largest absolute Gasteiger partial charge is 0.423 e. The molecule has 0 saturated carbocycles. The minimum Gasteiger partial charge on any atom is -0.423 e. The van der Waals surface area contributed by atoms with Gasteiger partial charge in [0.25, 0.3) is 0 Å². The molecule has 82 valence electrons. The summed E-state index contributed by atoms with van der Waals surface area (Å²) in [6, 6.07) is 8.96. The maximum Gasteiger partial charge on any atom is 0.346 e. The molecule has 1 aromatic carbocycles. The van der Waals surface area contributed by atoms with Crippen molar-refractivity contribution in [3.8, 4) is 5.75 Å². The molecule has 0 unspecified atom stereocenters. The Hall–Kier alpha value is -1.81. The van der Waals surface area contributed by atoms with Crippen LogP contribution in [0.25, 0.3) is 0 Å². The van der Waals surface area contributed by atoms with Crippen molar-refractivity contribution in [3.05, 3.63) is 46.8 Å². The van der Waals surface area contributed by atoms with Gasteiger partial charge in [0.2, 0.25) is 0 Å². The summed E-state index contributed by atoms with van der Waals surface area (Å²) in [5.41, 5.74) is 7.18. The monoisotopic (exact) mass is 233 g/mol. The number of benzene rings is 1. The Kier molecular flexibility index (Phi) is 2.92. The van der Waals surface area contributed by atoms with Crippen LogP contribution in [0.5, 0.6) is 5.75 Å². The Morgan fingerprint density at radius 2 is 1.94 bits per heavy atom. The van der Waals surface area contributed by atoms with E-state index in [1.165, 1.54) is 11.3 Å². The van der Waals surface area contributed by atoms with E-state index in [0.717, 1.165) is 5.56 Å². The second-order valence-electron chi connectivity index (χ2n) is 3.40. The number of carbonyl (C=O) groups excluding carboxylic acids is 1. The average molecular weight is 233 g/mol. The second-order valence-corrected chi connectivity index (χ2v) is 4.35. The lowest BCUT2D eigenvalue weighted by Crippen LogP contribution is -2.09. The molecule has 0 amide bonds. The van der Waals surface area contributed by atoms with E-state index in [4.69, 9.17) is 10.5 Å². The van der Waals surface area contributed by atoms with Crippen LogP contribution in [0, 0.1) is 6.92 Å². The molecule has 0 radical (unpaired) electrons. The summed E-state index contributed by atoms with van der Waals surface area (Å²) in [4.78, 5) is 11.7. The molecule has 0 saturated heterocycles. The predicted molar refractivity (Wildman–Crippen MR) is 64.9 cm³/mol. The van der Waals surface area contributed by atoms with E-state index < -0.39 is 5.97 Å². The molecule has 0 bridgehead atoms. The van der Waals surface area contributed by atoms with Gasteiger partial charge in [-0.05, 0) is 30.5 Å². The fraction of sp³-hybridized carbons (Fsp3) is 0.0833. The Bertz CT molecular complexity index is 502. The highest BCUT2D eigenvalue weighted by Crippen LogP contribution is 2.21. The third-order valence-electron chi connectivity index (χ3n) is 2.15. The van der Waals surface area contributed by atoms with Gasteiger partial charge in [-0.1, -0.05) is 17.7 Å². The molecule has 0 fully saturated rings. The molecule has 1 heterocycles. The van der Waals surface area contributed by atoms with Crippen LogP contribution in [0.4, 0.5) is 5.00 Å². The zero-order valence-electron chi connectivity index (χ0n) is 8.77. The van der Waals surface area contributed by atoms with Gasteiger partial charge < -0.3 is 10.5 Å². The molecule has 2 rings (SSSR count). The van der Waals surface area contributed by atoms with Gasteiger partial charge in [0.15, 0.2) is 0 Å². The summed E-state index contributed by atoms with van der Waals surface area (Å²) in [6.07, 6.45) is 0. The van der Waals surface area contributed by atoms with E-state index >= 15 is 0 Å². The molecule has 1 aromatic heterocycles. The fourth-order valence-electron chi connectivity index (χ4n) is 1.26. The predicted octanol–water partition coefficient (Wildman–Crippen LogP) is 2.86. The zero-order valence-corrected chi connectivity index (χ0v) is 9.58. The van der Waals surface area contributed by atoms with Gasteiger partial charge in [0.1, 0.15) is 10.8 Å². The van der Waals surface area contributed by atoms with Crippen molar-refractivity contribution in [2.24, 2.45) is 0 Å². The number of anilines is 1. The van der Waals surface area contributed by atoms with Crippen molar-refractivity contribution in [1.82, 2.24) is 0 Å². The molecule has 0 atom stereocenters. The smallest absolute Gasteiger partial charge is 0.346 e. The third kappa shape index (κ3) is 2.23. The molecule has 0 aliphatic heterocycles. The standard InChI is InChI=1S/C12H11NO2S/c1-8-2-4-9(5-3-8)15-12(14)10-6-7-16-11(10)13/h2-7H,13H2,1H3. The molecule has 2 N–H and O–H groups in total. The zero-order chi connectivity index (χ0) is 11.5. The van der Waals surface area contributed by atoms with E-state index in [9.17, 15) is 4.79 Å². The lowest BCUT2D eigenvalue weighted by atomic mass is 10.2. The summed E-state index contributed by atoms with van der Waals surface area (Å²) in [5, 5.41) is 2.25. The van der Waals surface area contributed by atoms with Crippen molar-refractivity contribution in [3.63, 3.8) is 0 Å². The van der Waals surface area contributed by atoms with E-state index in [-0.39, 0.29) is 0 Å². The van der Waals surface area contributed by atoms with Crippen LogP contribution in [0.3, 0.4) is 0 Å². The highest BCUT2D eigenvalue weighted by Gasteiger charge is 2.12. The quantitative estimate of drug-likeness (QED) is 0.641. The van der Waals surface area contributed by atoms with Crippen LogP contribution >= 0.6 is 11.3 Å². The molecular formula is C12H11NO2S. The lowest BCUT2D eigenvalue weighted by Gasteiger charge is -2.03. The molecule has 0 aliphatic rings. The highest BCUT2D eigenvalue weighted by atomic mass is 32.1. The summed E-state index contributed by atoms with van der Waals surface area (Å²) >= 11 is 1.32. The first-order valence-electron chi connectivity index (χ1n) is 4.78. The van der Waals surface area contributed by atoms with Gasteiger partial charge in [0.05, 0.1) is 5.56 Å². The number of thiophene rings is 1. The Morgan fingerprint density at radius 1 is 1.25 bits per heavy atom. The topological polar surface area (TPSA) is 52.3 Å². The average Bonchev–Trinajstić information content (AvgIpc) is 2.68. The Labute approximate surface area is 97.5 Å². The number of nitrogen functional groups attached to an aromatic ring is 1. The number of rotatable bonds is 2. The Balaban J connectivity index is 2.14. The van der Waals surface area contributed by atoms with Crippen molar-refractivity contribution in [1.29, 1.82) is 0 Å². The minimum absolute atomic E-state index is 0.414. The van der Waals surface area contributed by atoms with Gasteiger partial charge in [0, 0.05) is 0 Å². The van der Waals surface area contributed by atoms with E-state index in [0.29, 0.717) is 16.3 Å². The summed E-state index contributed by atoms with van der Waals surface area (Å²) in [6.45, 7) is 1.97. The van der Waals surface area contributed by atoms with Crippen LogP contribution in [0.15, 0.2) is 35.7 Å². The molecule has 2 aromatic rings. The van der Waals surface area contributed by atoms with Crippen LogP contribution in [0.2, 0.25) is 0 Å².